The van der Waals surface area contributed by atoms with E-state index >= 15 is 0 Å². The van der Waals surface area contributed by atoms with Gasteiger partial charge in [0.15, 0.2) is 5.78 Å². The molecule has 2 aromatic carbocycles. The van der Waals surface area contributed by atoms with Crippen LogP contribution in [-0.4, -0.2) is 27.7 Å². The first-order chi connectivity index (χ1) is 18.4. The number of ketones is 1. The first-order valence-corrected chi connectivity index (χ1v) is 12.0. The summed E-state index contributed by atoms with van der Waals surface area (Å²) in [5.74, 6) is -1.02. The van der Waals surface area contributed by atoms with Crippen molar-refractivity contribution in [2.45, 2.75) is 44.1 Å². The molecule has 4 rings (SSSR count). The highest BCUT2D eigenvalue weighted by molar-refractivity contribution is 5.91. The van der Waals surface area contributed by atoms with Crippen molar-refractivity contribution in [2.75, 3.05) is 0 Å². The van der Waals surface area contributed by atoms with Crippen LogP contribution in [0.15, 0.2) is 73.1 Å². The highest BCUT2D eigenvalue weighted by Crippen LogP contribution is 2.36. The lowest BCUT2D eigenvalue weighted by molar-refractivity contribution is -0.143. The normalized spacial score (nSPS) is 12.9. The predicted octanol–water partition coefficient (Wildman–Crippen LogP) is 6.07. The van der Waals surface area contributed by atoms with E-state index in [1.807, 2.05) is 24.3 Å². The van der Waals surface area contributed by atoms with Gasteiger partial charge in [-0.1, -0.05) is 24.3 Å². The smallest absolute Gasteiger partial charge is 0.361 e. The molecule has 0 aliphatic carbocycles. The number of aryl methyl sites for hydroxylation is 1. The molecular formula is C28H23F6N3O2. The highest BCUT2D eigenvalue weighted by Gasteiger charge is 2.37. The van der Waals surface area contributed by atoms with E-state index in [1.165, 1.54) is 6.20 Å². The van der Waals surface area contributed by atoms with Gasteiger partial charge >= 0.3 is 12.4 Å². The van der Waals surface area contributed by atoms with Crippen LogP contribution in [0.3, 0.4) is 0 Å². The summed E-state index contributed by atoms with van der Waals surface area (Å²) < 4.78 is 79.4. The number of aromatic nitrogens is 2. The van der Waals surface area contributed by atoms with Gasteiger partial charge in [0.25, 0.3) is 0 Å². The topological polar surface area (TPSA) is 74.8 Å². The van der Waals surface area contributed by atoms with Gasteiger partial charge in [-0.15, -0.1) is 0 Å². The van der Waals surface area contributed by atoms with Gasteiger partial charge in [-0.2, -0.15) is 26.3 Å². The molecule has 39 heavy (non-hydrogen) atoms. The Bertz CT molecular complexity index is 1430. The summed E-state index contributed by atoms with van der Waals surface area (Å²) in [5, 5.41) is 3.49. The Morgan fingerprint density at radius 1 is 0.897 bits per heavy atom. The van der Waals surface area contributed by atoms with Gasteiger partial charge in [-0.3, -0.25) is 14.6 Å². The third kappa shape index (κ3) is 7.24. The third-order valence-corrected chi connectivity index (χ3v) is 6.20. The second-order valence-electron chi connectivity index (χ2n) is 9.06. The standard InChI is InChI=1S/C28H23F6N3O2/c29-27(30,31)19-11-17(12-20(14-19)28(32,33)34)8-9-25(38)24(37-26(39)15-21-5-3-4-10-35-21)13-18-16-36-23-7-2-1-6-22(18)23/h1-7,10-12,14,16,24,36H,8-9,13,15H2,(H,37,39). The van der Waals surface area contributed by atoms with E-state index in [2.05, 4.69) is 15.3 Å². The lowest BCUT2D eigenvalue weighted by atomic mass is 9.95. The molecular weight excluding hydrogens is 524 g/mol. The van der Waals surface area contributed by atoms with Gasteiger partial charge in [0.1, 0.15) is 0 Å². The van der Waals surface area contributed by atoms with Gasteiger partial charge in [-0.05, 0) is 53.9 Å². The molecule has 1 unspecified atom stereocenters. The fraction of sp³-hybridized carbons (Fsp3) is 0.250. The van der Waals surface area contributed by atoms with Crippen molar-refractivity contribution in [1.29, 1.82) is 0 Å². The molecule has 0 saturated heterocycles. The maximum absolute atomic E-state index is 13.2. The largest absolute Gasteiger partial charge is 0.416 e. The number of hydrogen-bond acceptors (Lipinski definition) is 3. The molecule has 0 fully saturated rings. The number of benzene rings is 2. The summed E-state index contributed by atoms with van der Waals surface area (Å²) in [6.07, 6.45) is -7.55. The van der Waals surface area contributed by atoms with Gasteiger partial charge in [0.2, 0.25) is 5.91 Å². The Morgan fingerprint density at radius 2 is 1.56 bits per heavy atom. The molecule has 0 spiro atoms. The first-order valence-electron chi connectivity index (χ1n) is 12.0. The summed E-state index contributed by atoms with van der Waals surface area (Å²) >= 11 is 0. The number of nitrogens with one attached hydrogen (secondary N) is 2. The van der Waals surface area contributed by atoms with Crippen LogP contribution in [-0.2, 0) is 41.2 Å². The van der Waals surface area contributed by atoms with Crippen molar-refractivity contribution in [3.05, 3.63) is 101 Å². The molecule has 2 N–H and O–H groups in total. The van der Waals surface area contributed by atoms with Crippen LogP contribution >= 0.6 is 0 Å². The molecule has 1 atom stereocenters. The van der Waals surface area contributed by atoms with Crippen molar-refractivity contribution < 1.29 is 35.9 Å². The molecule has 0 aliphatic heterocycles. The summed E-state index contributed by atoms with van der Waals surface area (Å²) in [4.78, 5) is 33.2. The number of rotatable bonds is 9. The van der Waals surface area contributed by atoms with E-state index in [4.69, 9.17) is 0 Å². The number of Topliss-reactive ketones (excluding diaryl/α,β-unsaturated/α-hetero) is 1. The van der Waals surface area contributed by atoms with E-state index in [1.54, 1.807) is 24.4 Å². The summed E-state index contributed by atoms with van der Waals surface area (Å²) in [6, 6.07) is 12.5. The highest BCUT2D eigenvalue weighted by atomic mass is 19.4. The molecule has 0 saturated carbocycles. The summed E-state index contributed by atoms with van der Waals surface area (Å²) in [7, 11) is 0. The number of H-pyrrole nitrogens is 1. The second-order valence-corrected chi connectivity index (χ2v) is 9.06. The maximum atomic E-state index is 13.2. The molecule has 2 aromatic heterocycles. The van der Waals surface area contributed by atoms with Gasteiger partial charge in [-0.25, -0.2) is 0 Å². The van der Waals surface area contributed by atoms with Crippen LogP contribution < -0.4 is 5.32 Å². The zero-order valence-corrected chi connectivity index (χ0v) is 20.4. The average molecular weight is 547 g/mol. The maximum Gasteiger partial charge on any atom is 0.416 e. The number of carbonyl (C=O) groups is 2. The summed E-state index contributed by atoms with van der Waals surface area (Å²) in [6.45, 7) is 0. The van der Waals surface area contributed by atoms with E-state index in [0.29, 0.717) is 17.8 Å². The van der Waals surface area contributed by atoms with E-state index in [9.17, 15) is 35.9 Å². The second kappa shape index (κ2) is 11.3. The lowest BCUT2D eigenvalue weighted by Crippen LogP contribution is -2.43. The van der Waals surface area contributed by atoms with Gasteiger partial charge in [0.05, 0.1) is 23.6 Å². The number of halogens is 6. The minimum absolute atomic E-state index is 0.0446. The van der Waals surface area contributed by atoms with Crippen molar-refractivity contribution in [1.82, 2.24) is 15.3 Å². The third-order valence-electron chi connectivity index (χ3n) is 6.20. The molecule has 5 nitrogen and oxygen atoms in total. The number of carbonyl (C=O) groups excluding carboxylic acids is 2. The Labute approximate surface area is 219 Å². The zero-order valence-electron chi connectivity index (χ0n) is 20.4. The number of fused-ring (bicyclic) bond motifs is 1. The molecule has 11 heteroatoms. The van der Waals surface area contributed by atoms with E-state index in [0.717, 1.165) is 16.5 Å². The van der Waals surface area contributed by atoms with E-state index < -0.39 is 41.2 Å². The quantitative estimate of drug-likeness (QED) is 0.250. The SMILES string of the molecule is O=C(Cc1ccccn1)NC(Cc1c[nH]c2ccccc12)C(=O)CCc1cc(C(F)(F)F)cc(C(F)(F)F)c1. The number of pyridine rings is 1. The fourth-order valence-corrected chi connectivity index (χ4v) is 4.28. The zero-order chi connectivity index (χ0) is 28.2. The lowest BCUT2D eigenvalue weighted by Gasteiger charge is -2.18. The molecule has 2 heterocycles. The fourth-order valence-electron chi connectivity index (χ4n) is 4.28. The Hall–Kier alpha value is -4.15. The Balaban J connectivity index is 1.55. The van der Waals surface area contributed by atoms with Crippen LogP contribution in [0.5, 0.6) is 0 Å². The van der Waals surface area contributed by atoms with Gasteiger partial charge < -0.3 is 10.3 Å². The minimum Gasteiger partial charge on any atom is -0.361 e. The first kappa shape index (κ1) is 27.9. The van der Waals surface area contributed by atoms with Crippen LogP contribution in [0.4, 0.5) is 26.3 Å². The number of alkyl halides is 6. The monoisotopic (exact) mass is 547 g/mol. The number of nitrogens with zero attached hydrogens (tertiary/aromatic N) is 1. The molecule has 0 radical (unpaired) electrons. The molecule has 1 amide bonds. The van der Waals surface area contributed by atoms with Crippen LogP contribution in [0.25, 0.3) is 10.9 Å². The van der Waals surface area contributed by atoms with Crippen molar-refractivity contribution >= 4 is 22.6 Å². The van der Waals surface area contributed by atoms with Crippen molar-refractivity contribution in [2.24, 2.45) is 0 Å². The average Bonchev–Trinajstić information content (AvgIpc) is 3.29. The molecule has 4 aromatic rings. The van der Waals surface area contributed by atoms with Crippen molar-refractivity contribution in [3.8, 4) is 0 Å². The Kier molecular flexibility index (Phi) is 8.08. The van der Waals surface area contributed by atoms with Crippen LogP contribution in [0, 0.1) is 0 Å². The summed E-state index contributed by atoms with van der Waals surface area (Å²) in [5.41, 5.74) is -1.17. The molecule has 204 valence electrons. The molecule has 0 bridgehead atoms. The minimum atomic E-state index is -4.99. The molecule has 0 aliphatic rings. The number of hydrogen-bond donors (Lipinski definition) is 2. The predicted molar refractivity (Wildman–Crippen MR) is 132 cm³/mol. The van der Waals surface area contributed by atoms with Crippen LogP contribution in [0.1, 0.15) is 34.4 Å². The number of para-hydroxylation sites is 1. The number of aromatic amines is 1. The number of amides is 1. The Morgan fingerprint density at radius 3 is 2.21 bits per heavy atom. The van der Waals surface area contributed by atoms with E-state index in [-0.39, 0.29) is 37.3 Å². The van der Waals surface area contributed by atoms with Crippen LogP contribution in [0.2, 0.25) is 0 Å². The van der Waals surface area contributed by atoms with Crippen molar-refractivity contribution in [3.63, 3.8) is 0 Å². The van der Waals surface area contributed by atoms with Gasteiger partial charge in [0, 0.05) is 41.8 Å².